The summed E-state index contributed by atoms with van der Waals surface area (Å²) in [5.41, 5.74) is -3.00. The van der Waals surface area contributed by atoms with Crippen molar-refractivity contribution in [3.63, 3.8) is 0 Å². The SMILES string of the molecule is C/C=C/CC/C(F)=C(\F)c1ccc(CCc2ccc(-c3cc(F)c(-c4cc(F)c(C(F)(F)F)c(F)c4)c(F)c3)c(F)c2)cc1. The molecule has 44 heavy (non-hydrogen) atoms. The Labute approximate surface area is 247 Å². The third-order valence-electron chi connectivity index (χ3n) is 6.91. The van der Waals surface area contributed by atoms with E-state index in [-0.39, 0.29) is 35.2 Å². The molecule has 230 valence electrons. The largest absolute Gasteiger partial charge is 0.422 e. The first-order valence-corrected chi connectivity index (χ1v) is 13.4. The van der Waals surface area contributed by atoms with Gasteiger partial charge in [0.1, 0.15) is 40.5 Å². The minimum atomic E-state index is -5.36. The van der Waals surface area contributed by atoms with Crippen LogP contribution in [0.25, 0.3) is 28.1 Å². The summed E-state index contributed by atoms with van der Waals surface area (Å²) in [5.74, 6) is -9.41. The summed E-state index contributed by atoms with van der Waals surface area (Å²) < 4.78 is 140. The standard InChI is InChI=1S/C34H24F10/c1-2-3-4-5-25(35)33(41)21-11-8-19(9-12-21)6-7-20-10-13-24(26(36)14-20)22-15-27(37)31(28(38)16-22)23-17-29(39)32(30(40)18-23)34(42,43)44/h2-3,8-18H,4-7H2,1H3/b3-2+,33-25+. The van der Waals surface area contributed by atoms with E-state index in [1.165, 1.54) is 24.3 Å². The predicted octanol–water partition coefficient (Wildman–Crippen LogP) is 11.5. The Kier molecular flexibility index (Phi) is 10.0. The molecule has 0 saturated heterocycles. The first-order valence-electron chi connectivity index (χ1n) is 13.4. The molecule has 0 aliphatic rings. The zero-order chi connectivity index (χ0) is 32.2. The fourth-order valence-electron chi connectivity index (χ4n) is 4.69. The van der Waals surface area contributed by atoms with Crippen molar-refractivity contribution >= 4 is 5.83 Å². The molecule has 0 fully saturated rings. The highest BCUT2D eigenvalue weighted by molar-refractivity contribution is 5.72. The van der Waals surface area contributed by atoms with Crippen LogP contribution in [0.5, 0.6) is 0 Å². The molecule has 0 heterocycles. The fraction of sp³-hybridized carbons (Fsp3) is 0.176. The topological polar surface area (TPSA) is 0 Å². The second-order valence-electron chi connectivity index (χ2n) is 9.97. The second-order valence-corrected chi connectivity index (χ2v) is 9.97. The lowest BCUT2D eigenvalue weighted by molar-refractivity contribution is -0.142. The van der Waals surface area contributed by atoms with Gasteiger partial charge in [0.2, 0.25) is 0 Å². The van der Waals surface area contributed by atoms with Crippen LogP contribution in [-0.2, 0) is 19.0 Å². The van der Waals surface area contributed by atoms with Crippen LogP contribution in [0, 0.1) is 29.1 Å². The fourth-order valence-corrected chi connectivity index (χ4v) is 4.69. The van der Waals surface area contributed by atoms with Crippen molar-refractivity contribution in [3.8, 4) is 22.3 Å². The van der Waals surface area contributed by atoms with Crippen LogP contribution in [0.3, 0.4) is 0 Å². The molecule has 0 atom stereocenters. The Hall–Kier alpha value is -4.34. The lowest BCUT2D eigenvalue weighted by Gasteiger charge is -2.13. The molecule has 0 amide bonds. The van der Waals surface area contributed by atoms with E-state index in [0.29, 0.717) is 37.0 Å². The van der Waals surface area contributed by atoms with Gasteiger partial charge in [-0.25, -0.2) is 30.7 Å². The van der Waals surface area contributed by atoms with E-state index in [1.54, 1.807) is 31.2 Å². The maximum atomic E-state index is 15.0. The number of benzene rings is 4. The van der Waals surface area contributed by atoms with Crippen molar-refractivity contribution in [3.05, 3.63) is 136 Å². The molecule has 0 bridgehead atoms. The highest BCUT2D eigenvalue weighted by atomic mass is 19.4. The first kappa shape index (κ1) is 32.6. The normalized spacial score (nSPS) is 12.6. The minimum Gasteiger partial charge on any atom is -0.209 e. The van der Waals surface area contributed by atoms with Gasteiger partial charge in [-0.3, -0.25) is 0 Å². The molecule has 0 aromatic heterocycles. The highest BCUT2D eigenvalue weighted by Gasteiger charge is 2.38. The monoisotopic (exact) mass is 622 g/mol. The molecule has 4 aromatic rings. The molecule has 0 spiro atoms. The number of alkyl halides is 3. The molecule has 0 radical (unpaired) electrons. The second kappa shape index (κ2) is 13.5. The van der Waals surface area contributed by atoms with Gasteiger partial charge in [-0.05, 0) is 78.8 Å². The van der Waals surface area contributed by atoms with Crippen molar-refractivity contribution in [2.45, 2.75) is 38.8 Å². The maximum Gasteiger partial charge on any atom is 0.422 e. The average Bonchev–Trinajstić information content (AvgIpc) is 2.94. The molecule has 0 aliphatic heterocycles. The molecule has 0 nitrogen and oxygen atoms in total. The van der Waals surface area contributed by atoms with Gasteiger partial charge in [-0.15, -0.1) is 0 Å². The van der Waals surface area contributed by atoms with Crippen molar-refractivity contribution in [2.75, 3.05) is 0 Å². The molecule has 4 aromatic carbocycles. The van der Waals surface area contributed by atoms with Crippen LogP contribution >= 0.6 is 0 Å². The Morgan fingerprint density at radius 1 is 0.659 bits per heavy atom. The van der Waals surface area contributed by atoms with E-state index in [4.69, 9.17) is 0 Å². The van der Waals surface area contributed by atoms with E-state index >= 15 is 4.39 Å². The van der Waals surface area contributed by atoms with Crippen molar-refractivity contribution in [1.29, 1.82) is 0 Å². The number of halogens is 10. The number of hydrogen-bond acceptors (Lipinski definition) is 0. The summed E-state index contributed by atoms with van der Waals surface area (Å²) in [5, 5.41) is 0. The Bertz CT molecular complexity index is 1670. The first-order chi connectivity index (χ1) is 20.8. The summed E-state index contributed by atoms with van der Waals surface area (Å²) in [4.78, 5) is 0. The number of rotatable bonds is 9. The zero-order valence-electron chi connectivity index (χ0n) is 23.1. The number of hydrogen-bond donors (Lipinski definition) is 0. The summed E-state index contributed by atoms with van der Waals surface area (Å²) in [7, 11) is 0. The Morgan fingerprint density at radius 3 is 1.75 bits per heavy atom. The Morgan fingerprint density at radius 2 is 1.20 bits per heavy atom. The molecular weight excluding hydrogens is 598 g/mol. The summed E-state index contributed by atoms with van der Waals surface area (Å²) >= 11 is 0. The van der Waals surface area contributed by atoms with Gasteiger partial charge in [-0.1, -0.05) is 48.6 Å². The van der Waals surface area contributed by atoms with Crippen LogP contribution in [0.4, 0.5) is 43.9 Å². The van der Waals surface area contributed by atoms with Crippen molar-refractivity contribution in [1.82, 2.24) is 0 Å². The number of aryl methyl sites for hydroxylation is 2. The van der Waals surface area contributed by atoms with Gasteiger partial charge in [0.25, 0.3) is 0 Å². The van der Waals surface area contributed by atoms with Gasteiger partial charge < -0.3 is 0 Å². The molecule has 0 saturated carbocycles. The molecule has 0 aliphatic carbocycles. The molecule has 0 unspecified atom stereocenters. The number of allylic oxidation sites excluding steroid dienone is 3. The van der Waals surface area contributed by atoms with Crippen LogP contribution in [-0.4, -0.2) is 0 Å². The van der Waals surface area contributed by atoms with E-state index in [9.17, 15) is 39.5 Å². The summed E-state index contributed by atoms with van der Waals surface area (Å²) in [6.45, 7) is 1.78. The quantitative estimate of drug-likeness (QED) is 0.129. The Balaban J connectivity index is 1.49. The van der Waals surface area contributed by atoms with Crippen LogP contribution in [0.15, 0.2) is 84.7 Å². The van der Waals surface area contributed by atoms with Crippen LogP contribution in [0.1, 0.15) is 42.0 Å². The van der Waals surface area contributed by atoms with Gasteiger partial charge >= 0.3 is 6.18 Å². The summed E-state index contributed by atoms with van der Waals surface area (Å²) in [6.07, 6.45) is -0.779. The van der Waals surface area contributed by atoms with Gasteiger partial charge in [-0.2, -0.15) is 13.2 Å². The smallest absolute Gasteiger partial charge is 0.209 e. The molecule has 0 N–H and O–H groups in total. The lowest BCUT2D eigenvalue weighted by atomic mass is 9.96. The molecule has 4 rings (SSSR count). The van der Waals surface area contributed by atoms with E-state index in [0.717, 1.165) is 11.6 Å². The van der Waals surface area contributed by atoms with Crippen molar-refractivity contribution < 1.29 is 43.9 Å². The van der Waals surface area contributed by atoms with Crippen LogP contribution in [0.2, 0.25) is 0 Å². The van der Waals surface area contributed by atoms with Crippen LogP contribution < -0.4 is 0 Å². The molecule has 10 heteroatoms. The third-order valence-corrected chi connectivity index (χ3v) is 6.91. The van der Waals surface area contributed by atoms with Gasteiger partial charge in [0.15, 0.2) is 5.83 Å². The minimum absolute atomic E-state index is 0.0535. The van der Waals surface area contributed by atoms with Gasteiger partial charge in [0, 0.05) is 17.5 Å². The maximum absolute atomic E-state index is 15.0. The lowest BCUT2D eigenvalue weighted by Crippen LogP contribution is -2.11. The zero-order valence-corrected chi connectivity index (χ0v) is 23.1. The van der Waals surface area contributed by atoms with E-state index in [1.807, 2.05) is 0 Å². The van der Waals surface area contributed by atoms with E-state index in [2.05, 4.69) is 0 Å². The highest BCUT2D eigenvalue weighted by Crippen LogP contribution is 2.38. The molecular formula is C34H24F10. The van der Waals surface area contributed by atoms with Gasteiger partial charge in [0.05, 0.1) is 5.56 Å². The van der Waals surface area contributed by atoms with Crippen molar-refractivity contribution in [2.24, 2.45) is 0 Å². The third kappa shape index (κ3) is 7.41. The average molecular weight is 623 g/mol. The summed E-state index contributed by atoms with van der Waals surface area (Å²) in [6, 6.07) is 11.9. The van der Waals surface area contributed by atoms with E-state index < -0.39 is 63.6 Å². The predicted molar refractivity (Wildman–Crippen MR) is 149 cm³/mol.